The summed E-state index contributed by atoms with van der Waals surface area (Å²) in [5.41, 5.74) is 4.29. The highest BCUT2D eigenvalue weighted by atomic mass is 35.5. The van der Waals surface area contributed by atoms with E-state index in [9.17, 15) is 9.59 Å². The van der Waals surface area contributed by atoms with Crippen LogP contribution in [0.2, 0.25) is 5.02 Å². The number of nitrogens with one attached hydrogen (secondary N) is 2. The predicted octanol–water partition coefficient (Wildman–Crippen LogP) is 5.90. The van der Waals surface area contributed by atoms with Crippen LogP contribution < -0.4 is 16.2 Å². The number of aryl methyl sites for hydroxylation is 1. The Hall–Kier alpha value is -3.29. The maximum atomic E-state index is 12.6. The molecule has 32 heavy (non-hydrogen) atoms. The fourth-order valence-electron chi connectivity index (χ4n) is 3.20. The number of aromatic nitrogens is 2. The molecule has 0 radical (unpaired) electrons. The van der Waals surface area contributed by atoms with Crippen molar-refractivity contribution in [1.29, 1.82) is 0 Å². The molecule has 162 valence electrons. The van der Waals surface area contributed by atoms with E-state index in [0.717, 1.165) is 16.0 Å². The summed E-state index contributed by atoms with van der Waals surface area (Å²) in [6.45, 7) is 3.78. The Morgan fingerprint density at radius 3 is 2.62 bits per heavy atom. The molecular formula is C24H21ClN4O2S. The number of benzene rings is 2. The third-order valence-corrected chi connectivity index (χ3v) is 6.40. The molecule has 0 bridgehead atoms. The molecule has 0 saturated heterocycles. The molecular weight excluding hydrogens is 444 g/mol. The van der Waals surface area contributed by atoms with E-state index in [1.807, 2.05) is 50.2 Å². The number of urea groups is 1. The summed E-state index contributed by atoms with van der Waals surface area (Å²) in [7, 11) is 0. The van der Waals surface area contributed by atoms with Gasteiger partial charge in [0.25, 0.3) is 5.56 Å². The minimum Gasteiger partial charge on any atom is -0.307 e. The van der Waals surface area contributed by atoms with Crippen LogP contribution in [0.25, 0.3) is 5.65 Å². The highest BCUT2D eigenvalue weighted by molar-refractivity contribution is 7.98. The van der Waals surface area contributed by atoms with Crippen LogP contribution in [-0.2, 0) is 5.75 Å². The lowest BCUT2D eigenvalue weighted by Crippen LogP contribution is -2.20. The van der Waals surface area contributed by atoms with E-state index in [-0.39, 0.29) is 11.6 Å². The number of hydrogen-bond donors (Lipinski definition) is 2. The van der Waals surface area contributed by atoms with Crippen LogP contribution in [0.1, 0.15) is 16.8 Å². The second-order valence-corrected chi connectivity index (χ2v) is 8.72. The molecule has 0 aliphatic carbocycles. The zero-order valence-corrected chi connectivity index (χ0v) is 19.1. The summed E-state index contributed by atoms with van der Waals surface area (Å²) in [5.74, 6) is 0.493. The summed E-state index contributed by atoms with van der Waals surface area (Å²) in [4.78, 5) is 30.5. The molecule has 6 nitrogen and oxygen atoms in total. The molecule has 0 fully saturated rings. The first kappa shape index (κ1) is 21.9. The second kappa shape index (κ2) is 9.46. The Bertz CT molecular complexity index is 1370. The molecule has 8 heteroatoms. The first-order valence-corrected chi connectivity index (χ1v) is 11.3. The van der Waals surface area contributed by atoms with Gasteiger partial charge >= 0.3 is 6.03 Å². The minimum atomic E-state index is -0.360. The van der Waals surface area contributed by atoms with Crippen molar-refractivity contribution in [2.75, 3.05) is 10.6 Å². The predicted molar refractivity (Wildman–Crippen MR) is 131 cm³/mol. The maximum Gasteiger partial charge on any atom is 0.323 e. The highest BCUT2D eigenvalue weighted by Gasteiger charge is 2.11. The topological polar surface area (TPSA) is 75.5 Å². The van der Waals surface area contributed by atoms with Crippen molar-refractivity contribution in [3.05, 3.63) is 99.1 Å². The number of rotatable bonds is 5. The number of nitrogens with zero attached hydrogens (tertiary/aromatic N) is 2. The van der Waals surface area contributed by atoms with Crippen molar-refractivity contribution >= 4 is 46.4 Å². The van der Waals surface area contributed by atoms with Crippen LogP contribution in [-0.4, -0.2) is 15.4 Å². The van der Waals surface area contributed by atoms with Crippen LogP contribution >= 0.6 is 23.4 Å². The number of thioether (sulfide) groups is 1. The van der Waals surface area contributed by atoms with E-state index in [4.69, 9.17) is 11.6 Å². The lowest BCUT2D eigenvalue weighted by Gasteiger charge is -2.13. The molecule has 2 heterocycles. The smallest absolute Gasteiger partial charge is 0.307 e. The second-order valence-electron chi connectivity index (χ2n) is 7.30. The Morgan fingerprint density at radius 1 is 1.03 bits per heavy atom. The zero-order chi connectivity index (χ0) is 22.7. The SMILES string of the molecule is Cc1ccc2nc(CSc3ccccc3NC(=O)Nc3cccc(Cl)c3C)cc(=O)n2c1. The molecule has 0 unspecified atom stereocenters. The molecule has 0 aliphatic heterocycles. The zero-order valence-electron chi connectivity index (χ0n) is 17.6. The molecule has 0 spiro atoms. The normalized spacial score (nSPS) is 10.8. The number of amides is 2. The monoisotopic (exact) mass is 464 g/mol. The Kier molecular flexibility index (Phi) is 6.48. The van der Waals surface area contributed by atoms with E-state index >= 15 is 0 Å². The Morgan fingerprint density at radius 2 is 1.78 bits per heavy atom. The van der Waals surface area contributed by atoms with Crippen LogP contribution in [0.5, 0.6) is 0 Å². The standard InChI is InChI=1S/C24H21ClN4O2S/c1-15-10-11-22-26-17(12-23(30)29(22)13-15)14-32-21-9-4-3-7-20(21)28-24(31)27-19-8-5-6-18(25)16(19)2/h3-13H,14H2,1-2H3,(H2,27,28,31). The van der Waals surface area contributed by atoms with Crippen molar-refractivity contribution in [1.82, 2.24) is 9.38 Å². The molecule has 2 aromatic heterocycles. The van der Waals surface area contributed by atoms with Crippen molar-refractivity contribution in [2.24, 2.45) is 0 Å². The van der Waals surface area contributed by atoms with Gasteiger partial charge in [0, 0.05) is 33.6 Å². The molecule has 2 amide bonds. The number of pyridine rings is 1. The number of anilines is 2. The van der Waals surface area contributed by atoms with Gasteiger partial charge < -0.3 is 10.6 Å². The Labute approximate surface area is 194 Å². The lowest BCUT2D eigenvalue weighted by molar-refractivity contribution is 0.262. The van der Waals surface area contributed by atoms with Gasteiger partial charge in [0.1, 0.15) is 5.65 Å². The van der Waals surface area contributed by atoms with Crippen LogP contribution in [0, 0.1) is 13.8 Å². The first-order chi connectivity index (χ1) is 15.4. The van der Waals surface area contributed by atoms with E-state index in [2.05, 4.69) is 15.6 Å². The third kappa shape index (κ3) is 4.95. The number of hydrogen-bond acceptors (Lipinski definition) is 4. The molecule has 4 rings (SSSR count). The molecule has 0 atom stereocenters. The summed E-state index contributed by atoms with van der Waals surface area (Å²) in [6, 6.07) is 17.8. The minimum absolute atomic E-state index is 0.114. The number of carbonyl (C=O) groups is 1. The number of fused-ring (bicyclic) bond motifs is 1. The van der Waals surface area contributed by atoms with Crippen LogP contribution in [0.15, 0.2) is 76.6 Å². The van der Waals surface area contributed by atoms with Gasteiger partial charge in [-0.1, -0.05) is 35.9 Å². The van der Waals surface area contributed by atoms with Gasteiger partial charge in [0.05, 0.1) is 11.4 Å². The molecule has 2 N–H and O–H groups in total. The Balaban J connectivity index is 1.48. The van der Waals surface area contributed by atoms with E-state index < -0.39 is 0 Å². The van der Waals surface area contributed by atoms with Gasteiger partial charge in [0.2, 0.25) is 0 Å². The lowest BCUT2D eigenvalue weighted by atomic mass is 10.2. The first-order valence-electron chi connectivity index (χ1n) is 9.94. The fourth-order valence-corrected chi connectivity index (χ4v) is 4.27. The quantitative estimate of drug-likeness (QED) is 0.360. The van der Waals surface area contributed by atoms with Crippen LogP contribution in [0.3, 0.4) is 0 Å². The van der Waals surface area contributed by atoms with Gasteiger partial charge in [-0.2, -0.15) is 0 Å². The van der Waals surface area contributed by atoms with Gasteiger partial charge in [-0.15, -0.1) is 11.8 Å². The van der Waals surface area contributed by atoms with Gasteiger partial charge in [-0.25, -0.2) is 9.78 Å². The van der Waals surface area contributed by atoms with Gasteiger partial charge in [-0.3, -0.25) is 9.20 Å². The summed E-state index contributed by atoms with van der Waals surface area (Å²) in [5, 5.41) is 6.31. The van der Waals surface area contributed by atoms with E-state index in [0.29, 0.717) is 33.5 Å². The maximum absolute atomic E-state index is 12.6. The summed E-state index contributed by atoms with van der Waals surface area (Å²) < 4.78 is 1.54. The number of halogens is 1. The summed E-state index contributed by atoms with van der Waals surface area (Å²) in [6.07, 6.45) is 1.78. The van der Waals surface area contributed by atoms with Crippen molar-refractivity contribution in [3.63, 3.8) is 0 Å². The van der Waals surface area contributed by atoms with Crippen molar-refractivity contribution < 1.29 is 4.79 Å². The number of para-hydroxylation sites is 1. The summed E-state index contributed by atoms with van der Waals surface area (Å²) >= 11 is 7.63. The largest absolute Gasteiger partial charge is 0.323 e. The average Bonchev–Trinajstić information content (AvgIpc) is 2.77. The highest BCUT2D eigenvalue weighted by Crippen LogP contribution is 2.30. The van der Waals surface area contributed by atoms with Gasteiger partial charge in [-0.05, 0) is 55.3 Å². The van der Waals surface area contributed by atoms with Crippen LogP contribution in [0.4, 0.5) is 16.2 Å². The third-order valence-electron chi connectivity index (χ3n) is 4.89. The molecule has 0 saturated carbocycles. The molecule has 2 aromatic carbocycles. The number of carbonyl (C=O) groups excluding carboxylic acids is 1. The average molecular weight is 465 g/mol. The molecule has 0 aliphatic rings. The fraction of sp³-hybridized carbons (Fsp3) is 0.125. The van der Waals surface area contributed by atoms with Gasteiger partial charge in [0.15, 0.2) is 0 Å². The van der Waals surface area contributed by atoms with E-state index in [1.165, 1.54) is 11.8 Å². The van der Waals surface area contributed by atoms with Crippen molar-refractivity contribution in [2.45, 2.75) is 24.5 Å². The molecule has 4 aromatic rings. The van der Waals surface area contributed by atoms with Crippen molar-refractivity contribution in [3.8, 4) is 0 Å². The van der Waals surface area contributed by atoms with E-state index in [1.54, 1.807) is 34.9 Å².